The largest absolute Gasteiger partial charge is 0.497 e. The van der Waals surface area contributed by atoms with Gasteiger partial charge in [-0.25, -0.2) is 4.79 Å². The SMILES string of the molecule is COc1ccc2occ([C@H]3CC(=O)Oc4ccc5c(C)cc(=O)oc5c43)c(=O)c2c1. The van der Waals surface area contributed by atoms with Crippen molar-refractivity contribution in [2.45, 2.75) is 19.3 Å². The number of rotatable bonds is 2. The summed E-state index contributed by atoms with van der Waals surface area (Å²) in [5.41, 5.74) is 1.42. The van der Waals surface area contributed by atoms with Crippen molar-refractivity contribution < 1.29 is 23.1 Å². The van der Waals surface area contributed by atoms with E-state index in [4.69, 9.17) is 18.3 Å². The van der Waals surface area contributed by atoms with Gasteiger partial charge >= 0.3 is 11.6 Å². The average molecular weight is 404 g/mol. The molecule has 0 unspecified atom stereocenters. The topological polar surface area (TPSA) is 96.0 Å². The minimum atomic E-state index is -0.679. The normalized spacial score (nSPS) is 15.8. The summed E-state index contributed by atoms with van der Waals surface area (Å²) in [6.45, 7) is 1.80. The lowest BCUT2D eigenvalue weighted by Crippen LogP contribution is -2.25. The summed E-state index contributed by atoms with van der Waals surface area (Å²) in [7, 11) is 1.51. The van der Waals surface area contributed by atoms with E-state index in [1.54, 1.807) is 37.3 Å². The number of benzene rings is 2. The number of fused-ring (bicyclic) bond motifs is 4. The second kappa shape index (κ2) is 6.59. The molecule has 0 bridgehead atoms. The summed E-state index contributed by atoms with van der Waals surface area (Å²) in [5.74, 6) is -0.376. The Morgan fingerprint density at radius 3 is 2.67 bits per heavy atom. The van der Waals surface area contributed by atoms with Gasteiger partial charge in [-0.2, -0.15) is 0 Å². The molecule has 7 heteroatoms. The highest BCUT2D eigenvalue weighted by Gasteiger charge is 2.34. The molecule has 5 rings (SSSR count). The van der Waals surface area contributed by atoms with Gasteiger partial charge in [-0.3, -0.25) is 9.59 Å². The van der Waals surface area contributed by atoms with Crippen LogP contribution in [-0.4, -0.2) is 13.1 Å². The molecule has 0 amide bonds. The Morgan fingerprint density at radius 1 is 1.03 bits per heavy atom. The monoisotopic (exact) mass is 404 g/mol. The van der Waals surface area contributed by atoms with E-state index in [0.717, 1.165) is 5.56 Å². The number of methoxy groups -OCH3 is 1. The number of hydrogen-bond acceptors (Lipinski definition) is 7. The Kier molecular flexibility index (Phi) is 3.99. The fourth-order valence-electron chi connectivity index (χ4n) is 4.00. The van der Waals surface area contributed by atoms with Gasteiger partial charge in [-0.15, -0.1) is 0 Å². The van der Waals surface area contributed by atoms with E-state index in [2.05, 4.69) is 0 Å². The zero-order valence-corrected chi connectivity index (χ0v) is 16.2. The molecular weight excluding hydrogens is 388 g/mol. The predicted molar refractivity (Wildman–Crippen MR) is 108 cm³/mol. The first-order chi connectivity index (χ1) is 14.5. The second-order valence-corrected chi connectivity index (χ2v) is 7.22. The van der Waals surface area contributed by atoms with Gasteiger partial charge in [0.2, 0.25) is 0 Å². The molecule has 0 spiro atoms. The Labute approximate surface area is 169 Å². The Bertz CT molecular complexity index is 1460. The van der Waals surface area contributed by atoms with Gasteiger partial charge in [0.05, 0.1) is 25.2 Å². The summed E-state index contributed by atoms with van der Waals surface area (Å²) in [6.07, 6.45) is 1.28. The van der Waals surface area contributed by atoms with Crippen LogP contribution in [0.2, 0.25) is 0 Å². The van der Waals surface area contributed by atoms with Crippen molar-refractivity contribution in [3.8, 4) is 11.5 Å². The molecule has 1 atom stereocenters. The third-order valence-corrected chi connectivity index (χ3v) is 5.44. The van der Waals surface area contributed by atoms with Crippen molar-refractivity contribution in [2.24, 2.45) is 0 Å². The third-order valence-electron chi connectivity index (χ3n) is 5.44. The number of ether oxygens (including phenoxy) is 2. The smallest absolute Gasteiger partial charge is 0.336 e. The highest BCUT2D eigenvalue weighted by atomic mass is 16.5. The van der Waals surface area contributed by atoms with Gasteiger partial charge in [0, 0.05) is 28.5 Å². The van der Waals surface area contributed by atoms with E-state index in [0.29, 0.717) is 33.3 Å². The summed E-state index contributed by atoms with van der Waals surface area (Å²) in [4.78, 5) is 37.7. The van der Waals surface area contributed by atoms with Crippen LogP contribution in [0.3, 0.4) is 0 Å². The standard InChI is InChI=1S/C23H16O7/c1-11-7-19(24)30-23-13(11)4-6-18-21(23)14(9-20(25)29-18)16-10-28-17-5-3-12(27-2)8-15(17)22(16)26/h3-8,10,14H,9H2,1-2H3/t14-/m1/s1. The predicted octanol–water partition coefficient (Wildman–Crippen LogP) is 3.66. The van der Waals surface area contributed by atoms with Crippen molar-refractivity contribution in [3.63, 3.8) is 0 Å². The maximum absolute atomic E-state index is 13.3. The Hall–Kier alpha value is -3.87. The molecular formula is C23H16O7. The first-order valence-corrected chi connectivity index (χ1v) is 9.33. The van der Waals surface area contributed by atoms with Crippen molar-refractivity contribution in [1.82, 2.24) is 0 Å². The average Bonchev–Trinajstić information content (AvgIpc) is 2.72. The van der Waals surface area contributed by atoms with Gasteiger partial charge in [0.1, 0.15) is 22.7 Å². The van der Waals surface area contributed by atoms with E-state index in [1.807, 2.05) is 0 Å². The lowest BCUT2D eigenvalue weighted by atomic mass is 9.85. The maximum atomic E-state index is 13.3. The molecule has 2 aromatic heterocycles. The molecule has 0 aliphatic carbocycles. The first kappa shape index (κ1) is 18.2. The molecule has 3 heterocycles. The highest BCUT2D eigenvalue weighted by molar-refractivity contribution is 5.90. The Morgan fingerprint density at radius 2 is 1.87 bits per heavy atom. The van der Waals surface area contributed by atoms with Crippen molar-refractivity contribution >= 4 is 27.9 Å². The van der Waals surface area contributed by atoms with E-state index in [9.17, 15) is 14.4 Å². The molecule has 4 aromatic rings. The summed E-state index contributed by atoms with van der Waals surface area (Å²) in [6, 6.07) is 9.73. The van der Waals surface area contributed by atoms with Crippen LogP contribution in [0.1, 0.15) is 29.0 Å². The van der Waals surface area contributed by atoms with Gasteiger partial charge in [-0.05, 0) is 42.8 Å². The van der Waals surface area contributed by atoms with Crippen LogP contribution in [0.5, 0.6) is 11.5 Å². The Balaban J connectivity index is 1.82. The third kappa shape index (κ3) is 2.70. The van der Waals surface area contributed by atoms with Crippen molar-refractivity contribution in [1.29, 1.82) is 0 Å². The molecule has 30 heavy (non-hydrogen) atoms. The van der Waals surface area contributed by atoms with Crippen LogP contribution in [-0.2, 0) is 4.79 Å². The quantitative estimate of drug-likeness (QED) is 0.286. The molecule has 150 valence electrons. The van der Waals surface area contributed by atoms with E-state index < -0.39 is 17.5 Å². The van der Waals surface area contributed by atoms with Gasteiger partial charge < -0.3 is 18.3 Å². The first-order valence-electron chi connectivity index (χ1n) is 9.33. The lowest BCUT2D eigenvalue weighted by molar-refractivity contribution is -0.135. The highest BCUT2D eigenvalue weighted by Crippen LogP contribution is 2.42. The summed E-state index contributed by atoms with van der Waals surface area (Å²) in [5, 5.41) is 1.05. The van der Waals surface area contributed by atoms with E-state index >= 15 is 0 Å². The van der Waals surface area contributed by atoms with Crippen LogP contribution < -0.4 is 20.5 Å². The zero-order chi connectivity index (χ0) is 21.0. The minimum absolute atomic E-state index is 0.0794. The van der Waals surface area contributed by atoms with Gasteiger partial charge in [0.25, 0.3) is 0 Å². The molecule has 2 aromatic carbocycles. The molecule has 0 saturated carbocycles. The van der Waals surface area contributed by atoms with Gasteiger partial charge in [0.15, 0.2) is 5.43 Å². The molecule has 1 aliphatic rings. The van der Waals surface area contributed by atoms with Gasteiger partial charge in [-0.1, -0.05) is 0 Å². The number of carbonyl (C=O) groups excluding carboxylic acids is 1. The summed E-state index contributed by atoms with van der Waals surface area (Å²) < 4.78 is 21.8. The fraction of sp³-hybridized carbons (Fsp3) is 0.174. The molecule has 7 nitrogen and oxygen atoms in total. The summed E-state index contributed by atoms with van der Waals surface area (Å²) >= 11 is 0. The lowest BCUT2D eigenvalue weighted by Gasteiger charge is -2.25. The number of esters is 1. The van der Waals surface area contributed by atoms with Crippen LogP contribution in [0.25, 0.3) is 21.9 Å². The second-order valence-electron chi connectivity index (χ2n) is 7.22. The van der Waals surface area contributed by atoms with Crippen LogP contribution >= 0.6 is 0 Å². The van der Waals surface area contributed by atoms with Crippen LogP contribution in [0, 0.1) is 6.92 Å². The van der Waals surface area contributed by atoms with E-state index in [-0.39, 0.29) is 23.2 Å². The number of aryl methyl sites for hydroxylation is 1. The van der Waals surface area contributed by atoms with E-state index in [1.165, 1.54) is 19.4 Å². The maximum Gasteiger partial charge on any atom is 0.336 e. The minimum Gasteiger partial charge on any atom is -0.497 e. The molecule has 0 radical (unpaired) electrons. The van der Waals surface area contributed by atoms with Crippen molar-refractivity contribution in [2.75, 3.05) is 7.11 Å². The molecule has 0 saturated heterocycles. The van der Waals surface area contributed by atoms with Crippen LogP contribution in [0.4, 0.5) is 0 Å². The fourth-order valence-corrected chi connectivity index (χ4v) is 4.00. The molecule has 1 aliphatic heterocycles. The molecule has 0 fully saturated rings. The molecule has 0 N–H and O–H groups in total. The van der Waals surface area contributed by atoms with Crippen LogP contribution in [0.15, 0.2) is 61.1 Å². The van der Waals surface area contributed by atoms with Crippen molar-refractivity contribution in [3.05, 3.63) is 80.0 Å². The zero-order valence-electron chi connectivity index (χ0n) is 16.2. The number of hydrogen-bond donors (Lipinski definition) is 0. The number of carbonyl (C=O) groups is 1.